The number of nitrogens with one attached hydrogen (secondary N) is 1. The number of alkyl halides is 3. The number of amides is 1. The minimum Gasteiger partial charge on any atom is -0.494 e. The van der Waals surface area contributed by atoms with Crippen molar-refractivity contribution in [2.75, 3.05) is 26.6 Å². The second-order valence-corrected chi connectivity index (χ2v) is 7.79. The van der Waals surface area contributed by atoms with Crippen molar-refractivity contribution < 1.29 is 36.6 Å². The summed E-state index contributed by atoms with van der Waals surface area (Å²) < 4.78 is 61.1. The average molecular weight is 517 g/mol. The number of carbonyl (C=O) groups is 1. The summed E-state index contributed by atoms with van der Waals surface area (Å²) in [6, 6.07) is 7.40. The van der Waals surface area contributed by atoms with Gasteiger partial charge in [-0.05, 0) is 37.3 Å². The molecule has 0 saturated carbocycles. The van der Waals surface area contributed by atoms with E-state index in [-0.39, 0.29) is 51.4 Å². The third-order valence-electron chi connectivity index (χ3n) is 5.33. The number of benzene rings is 1. The predicted molar refractivity (Wildman–Crippen MR) is 127 cm³/mol. The van der Waals surface area contributed by atoms with E-state index in [4.69, 9.17) is 24.4 Å². The van der Waals surface area contributed by atoms with Gasteiger partial charge in [-0.25, -0.2) is 9.97 Å². The first-order chi connectivity index (χ1) is 17.6. The molecule has 0 bridgehead atoms. The van der Waals surface area contributed by atoms with Gasteiger partial charge in [0.25, 0.3) is 5.91 Å². The molecule has 1 aromatic carbocycles. The van der Waals surface area contributed by atoms with E-state index in [1.54, 1.807) is 13.0 Å². The van der Waals surface area contributed by atoms with Crippen LogP contribution in [-0.2, 0) is 6.18 Å². The topological polar surface area (TPSA) is 135 Å². The molecule has 37 heavy (non-hydrogen) atoms. The zero-order valence-corrected chi connectivity index (χ0v) is 20.1. The Kier molecular flexibility index (Phi) is 6.90. The number of halogens is 3. The molecule has 0 saturated heterocycles. The quantitative estimate of drug-likeness (QED) is 0.361. The minimum atomic E-state index is -4.65. The molecule has 4 rings (SSSR count). The van der Waals surface area contributed by atoms with E-state index in [1.165, 1.54) is 45.6 Å². The molecule has 1 unspecified atom stereocenters. The number of hydrogen-bond donors (Lipinski definition) is 2. The predicted octanol–water partition coefficient (Wildman–Crippen LogP) is 4.60. The first kappa shape index (κ1) is 25.7. The molecule has 0 radical (unpaired) electrons. The van der Waals surface area contributed by atoms with E-state index in [0.29, 0.717) is 5.56 Å². The third kappa shape index (κ3) is 4.98. The normalized spacial score (nSPS) is 12.3. The monoisotopic (exact) mass is 517 g/mol. The summed E-state index contributed by atoms with van der Waals surface area (Å²) in [5.41, 5.74) is 5.32. The first-order valence-electron chi connectivity index (χ1n) is 10.8. The molecule has 194 valence electrons. The second-order valence-electron chi connectivity index (χ2n) is 7.79. The third-order valence-corrected chi connectivity index (χ3v) is 5.33. The summed E-state index contributed by atoms with van der Waals surface area (Å²) in [5, 5.41) is 2.93. The number of rotatable bonds is 7. The molecule has 1 amide bonds. The van der Waals surface area contributed by atoms with Crippen LogP contribution in [0, 0.1) is 0 Å². The van der Waals surface area contributed by atoms with Crippen molar-refractivity contribution in [1.29, 1.82) is 0 Å². The largest absolute Gasteiger partial charge is 0.494 e. The molecule has 3 heterocycles. The summed E-state index contributed by atoms with van der Waals surface area (Å²) in [7, 11) is 4.14. The summed E-state index contributed by atoms with van der Waals surface area (Å²) >= 11 is 0. The molecule has 1 atom stereocenters. The fraction of sp³-hybridized carbons (Fsp3) is 0.250. The SMILES string of the molecule is COc1ccc(NC(=O)c2nc(-c3ccc(OC)c4nc(C(F)(F)F)ccc34)oc2C(C)N)c(OC)n1. The van der Waals surface area contributed by atoms with Crippen molar-refractivity contribution in [3.63, 3.8) is 0 Å². The van der Waals surface area contributed by atoms with Crippen LogP contribution in [0.1, 0.15) is 34.9 Å². The molecule has 0 aliphatic carbocycles. The number of aromatic nitrogens is 3. The zero-order chi connectivity index (χ0) is 26.9. The van der Waals surface area contributed by atoms with E-state index < -0.39 is 23.8 Å². The maximum Gasteiger partial charge on any atom is 0.433 e. The number of methoxy groups -OCH3 is 3. The summed E-state index contributed by atoms with van der Waals surface area (Å²) in [4.78, 5) is 25.3. The van der Waals surface area contributed by atoms with Crippen LogP contribution in [0.25, 0.3) is 22.4 Å². The van der Waals surface area contributed by atoms with E-state index in [1.807, 2.05) is 0 Å². The van der Waals surface area contributed by atoms with E-state index in [2.05, 4.69) is 20.3 Å². The second kappa shape index (κ2) is 9.93. The standard InChI is InChI=1S/C24H22F3N5O5/c1-11(28)20-19(21(33)29-14-7-10-17(35-3)31-23(14)36-4)32-22(37-20)13-5-8-15(34-2)18-12(13)6-9-16(30-18)24(25,26)27/h5-11H,28H2,1-4H3,(H,29,33). The fourth-order valence-electron chi connectivity index (χ4n) is 3.59. The van der Waals surface area contributed by atoms with Crippen LogP contribution in [-0.4, -0.2) is 42.2 Å². The number of ether oxygens (including phenoxy) is 3. The molecule has 10 nitrogen and oxygen atoms in total. The Hall–Kier alpha value is -4.39. The highest BCUT2D eigenvalue weighted by atomic mass is 19.4. The number of carbonyl (C=O) groups excluding carboxylic acids is 1. The molecule has 3 N–H and O–H groups in total. The smallest absolute Gasteiger partial charge is 0.433 e. The lowest BCUT2D eigenvalue weighted by Crippen LogP contribution is -2.18. The van der Waals surface area contributed by atoms with Gasteiger partial charge >= 0.3 is 6.18 Å². The van der Waals surface area contributed by atoms with Crippen LogP contribution in [0.15, 0.2) is 40.8 Å². The lowest BCUT2D eigenvalue weighted by molar-refractivity contribution is -0.140. The maximum atomic E-state index is 13.3. The minimum absolute atomic E-state index is 0.0357. The molecule has 13 heteroatoms. The number of fused-ring (bicyclic) bond motifs is 1. The van der Waals surface area contributed by atoms with E-state index in [9.17, 15) is 18.0 Å². The highest BCUT2D eigenvalue weighted by Crippen LogP contribution is 2.37. The number of anilines is 1. The van der Waals surface area contributed by atoms with Crippen LogP contribution < -0.4 is 25.3 Å². The average Bonchev–Trinajstić information content (AvgIpc) is 3.33. The van der Waals surface area contributed by atoms with Gasteiger partial charge in [-0.3, -0.25) is 4.79 Å². The van der Waals surface area contributed by atoms with Gasteiger partial charge in [0, 0.05) is 17.0 Å². The Bertz CT molecular complexity index is 1470. The number of nitrogens with two attached hydrogens (primary N) is 1. The Morgan fingerprint density at radius 2 is 1.76 bits per heavy atom. The lowest BCUT2D eigenvalue weighted by Gasteiger charge is -2.11. The van der Waals surface area contributed by atoms with Crippen molar-refractivity contribution in [2.45, 2.75) is 19.1 Å². The molecule has 4 aromatic rings. The van der Waals surface area contributed by atoms with Gasteiger partial charge in [-0.2, -0.15) is 18.2 Å². The highest BCUT2D eigenvalue weighted by Gasteiger charge is 2.33. The molecule has 0 spiro atoms. The van der Waals surface area contributed by atoms with Gasteiger partial charge in [0.15, 0.2) is 11.5 Å². The van der Waals surface area contributed by atoms with E-state index in [0.717, 1.165) is 6.07 Å². The molecular formula is C24H22F3N5O5. The van der Waals surface area contributed by atoms with E-state index >= 15 is 0 Å². The lowest BCUT2D eigenvalue weighted by atomic mass is 10.1. The van der Waals surface area contributed by atoms with Crippen LogP contribution >= 0.6 is 0 Å². The van der Waals surface area contributed by atoms with Crippen molar-refractivity contribution in [2.24, 2.45) is 5.73 Å². The maximum absolute atomic E-state index is 13.3. The van der Waals surface area contributed by atoms with Gasteiger partial charge < -0.3 is 29.7 Å². The molecule has 0 aliphatic rings. The van der Waals surface area contributed by atoms with Gasteiger partial charge in [0.05, 0.1) is 27.4 Å². The van der Waals surface area contributed by atoms with Crippen molar-refractivity contribution in [3.8, 4) is 29.0 Å². The summed E-state index contributed by atoms with van der Waals surface area (Å²) in [6.07, 6.45) is -4.65. The zero-order valence-electron chi connectivity index (χ0n) is 20.1. The Labute approximate surface area is 208 Å². The summed E-state index contributed by atoms with van der Waals surface area (Å²) in [5.74, 6) is -0.123. The first-order valence-corrected chi connectivity index (χ1v) is 10.8. The van der Waals surface area contributed by atoms with Crippen LogP contribution in [0.4, 0.5) is 18.9 Å². The highest BCUT2D eigenvalue weighted by molar-refractivity contribution is 6.05. The Balaban J connectivity index is 1.79. The van der Waals surface area contributed by atoms with Crippen molar-refractivity contribution >= 4 is 22.5 Å². The van der Waals surface area contributed by atoms with Gasteiger partial charge in [-0.1, -0.05) is 0 Å². The summed E-state index contributed by atoms with van der Waals surface area (Å²) in [6.45, 7) is 1.60. The van der Waals surface area contributed by atoms with Gasteiger partial charge in [0.1, 0.15) is 22.6 Å². The number of hydrogen-bond acceptors (Lipinski definition) is 9. The molecule has 0 fully saturated rings. The molecular weight excluding hydrogens is 495 g/mol. The molecule has 0 aliphatic heterocycles. The number of pyridine rings is 2. The van der Waals surface area contributed by atoms with Crippen molar-refractivity contribution in [3.05, 3.63) is 53.5 Å². The number of oxazole rings is 1. The van der Waals surface area contributed by atoms with Crippen molar-refractivity contribution in [1.82, 2.24) is 15.0 Å². The van der Waals surface area contributed by atoms with Gasteiger partial charge in [0.2, 0.25) is 17.7 Å². The van der Waals surface area contributed by atoms with Crippen LogP contribution in [0.3, 0.4) is 0 Å². The van der Waals surface area contributed by atoms with Crippen LogP contribution in [0.5, 0.6) is 17.5 Å². The number of nitrogens with zero attached hydrogens (tertiary/aromatic N) is 3. The fourth-order valence-corrected chi connectivity index (χ4v) is 3.59. The van der Waals surface area contributed by atoms with Crippen LogP contribution in [0.2, 0.25) is 0 Å². The Morgan fingerprint density at radius 3 is 2.38 bits per heavy atom. The molecule has 3 aromatic heterocycles. The Morgan fingerprint density at radius 1 is 1.00 bits per heavy atom. The van der Waals surface area contributed by atoms with Gasteiger partial charge in [-0.15, -0.1) is 0 Å².